The van der Waals surface area contributed by atoms with Crippen molar-refractivity contribution in [2.75, 3.05) is 47.5 Å². The Kier molecular flexibility index (Phi) is 32.3. The van der Waals surface area contributed by atoms with E-state index in [1.54, 1.807) is 5.57 Å². The molecule has 0 aromatic rings. The zero-order valence-electron chi connectivity index (χ0n) is 36.1. The molecule has 0 radical (unpaired) electrons. The van der Waals surface area contributed by atoms with Gasteiger partial charge in [0.25, 0.3) is 0 Å². The molecule has 0 saturated carbocycles. The summed E-state index contributed by atoms with van der Waals surface area (Å²) in [6.45, 7) is 2.18. The Balaban J connectivity index is 2.22. The maximum Gasteiger partial charge on any atom is 0.472 e. The number of hydrogen-bond acceptors (Lipinski definition) is 7. The van der Waals surface area contributed by atoms with Gasteiger partial charge in [-0.1, -0.05) is 178 Å². The summed E-state index contributed by atoms with van der Waals surface area (Å²) in [5.41, 5.74) is 1.59. The van der Waals surface area contributed by atoms with Crippen molar-refractivity contribution in [1.82, 2.24) is 0 Å². The van der Waals surface area contributed by atoms with Crippen LogP contribution in [0, 0.1) is 0 Å². The highest BCUT2D eigenvalue weighted by Crippen LogP contribution is 2.43. The fourth-order valence-corrected chi connectivity index (χ4v) is 7.54. The van der Waals surface area contributed by atoms with Crippen LogP contribution in [0.5, 0.6) is 0 Å². The molecule has 322 valence electrons. The highest BCUT2D eigenvalue weighted by molar-refractivity contribution is 7.47. The zero-order valence-corrected chi connectivity index (χ0v) is 36.9. The van der Waals surface area contributed by atoms with Crippen LogP contribution in [-0.2, 0) is 32.7 Å². The van der Waals surface area contributed by atoms with E-state index >= 15 is 0 Å². The molecule has 2 atom stereocenters. The van der Waals surface area contributed by atoms with E-state index in [1.165, 1.54) is 135 Å². The molecule has 1 rings (SSSR count). The van der Waals surface area contributed by atoms with Gasteiger partial charge in [0, 0.05) is 12.8 Å². The Bertz CT molecular complexity index is 1060. The van der Waals surface area contributed by atoms with Crippen LogP contribution in [0.25, 0.3) is 0 Å². The molecule has 0 spiro atoms. The lowest BCUT2D eigenvalue weighted by molar-refractivity contribution is -0.870. The molecular weight excluding hydrogens is 713 g/mol. The minimum atomic E-state index is -4.37. The van der Waals surface area contributed by atoms with Gasteiger partial charge < -0.3 is 18.9 Å². The Hall–Kier alpha value is -1.51. The van der Waals surface area contributed by atoms with Crippen molar-refractivity contribution in [3.05, 3.63) is 23.8 Å². The van der Waals surface area contributed by atoms with Crippen molar-refractivity contribution in [1.29, 1.82) is 0 Å². The number of likely N-dealkylation sites (N-methyl/N-ethyl adjacent to an activating group) is 1. The second-order valence-electron chi connectivity index (χ2n) is 17.0. The van der Waals surface area contributed by atoms with Crippen molar-refractivity contribution < 1.29 is 42.1 Å². The number of ether oxygens (including phenoxy) is 2. The van der Waals surface area contributed by atoms with Crippen LogP contribution in [0.3, 0.4) is 0 Å². The molecule has 1 unspecified atom stereocenters. The number of hydrogen-bond donors (Lipinski definition) is 1. The van der Waals surface area contributed by atoms with Crippen LogP contribution < -0.4 is 0 Å². The van der Waals surface area contributed by atoms with Gasteiger partial charge in [0.15, 0.2) is 6.10 Å². The molecule has 0 fully saturated rings. The number of quaternary nitrogens is 1. The number of phosphoric ester groups is 1. The molecule has 0 heterocycles. The molecule has 0 aromatic carbocycles. The first-order chi connectivity index (χ1) is 26.5. The first-order valence-electron chi connectivity index (χ1n) is 22.6. The van der Waals surface area contributed by atoms with Gasteiger partial charge in [-0.25, -0.2) is 4.57 Å². The third kappa shape index (κ3) is 35.4. The van der Waals surface area contributed by atoms with Gasteiger partial charge in [0.1, 0.15) is 19.8 Å². The van der Waals surface area contributed by atoms with E-state index in [2.05, 4.69) is 25.2 Å². The Morgan fingerprint density at radius 1 is 0.655 bits per heavy atom. The highest BCUT2D eigenvalue weighted by Gasteiger charge is 2.27. The summed E-state index contributed by atoms with van der Waals surface area (Å²) in [7, 11) is 1.49. The summed E-state index contributed by atoms with van der Waals surface area (Å²) in [6.07, 6.45) is 40.4. The van der Waals surface area contributed by atoms with Crippen LogP contribution in [0.15, 0.2) is 23.8 Å². The number of phosphoric acid groups is 1. The maximum absolute atomic E-state index is 12.7. The zero-order chi connectivity index (χ0) is 40.3. The summed E-state index contributed by atoms with van der Waals surface area (Å²) in [6, 6.07) is 0. The molecular formula is C45H85NO8P+. The quantitative estimate of drug-likeness (QED) is 0.0282. The minimum absolute atomic E-state index is 0.0350. The summed E-state index contributed by atoms with van der Waals surface area (Å²) in [5.74, 6) is -0.788. The number of unbranched alkanes of at least 4 members (excludes halogenated alkanes) is 24. The van der Waals surface area contributed by atoms with E-state index < -0.39 is 26.5 Å². The van der Waals surface area contributed by atoms with Crippen LogP contribution in [0.1, 0.15) is 200 Å². The van der Waals surface area contributed by atoms with E-state index in [9.17, 15) is 19.0 Å². The fourth-order valence-electron chi connectivity index (χ4n) is 6.79. The highest BCUT2D eigenvalue weighted by atomic mass is 31.2. The molecule has 10 heteroatoms. The molecule has 0 aromatic heterocycles. The van der Waals surface area contributed by atoms with Crippen molar-refractivity contribution in [3.8, 4) is 0 Å². The van der Waals surface area contributed by atoms with E-state index in [0.29, 0.717) is 23.9 Å². The van der Waals surface area contributed by atoms with Gasteiger partial charge in [-0.2, -0.15) is 0 Å². The van der Waals surface area contributed by atoms with Crippen molar-refractivity contribution >= 4 is 19.8 Å². The molecule has 0 saturated heterocycles. The molecule has 1 N–H and O–H groups in total. The number of esters is 2. The maximum atomic E-state index is 12.7. The normalized spacial score (nSPS) is 14.5. The van der Waals surface area contributed by atoms with E-state index in [-0.39, 0.29) is 25.6 Å². The van der Waals surface area contributed by atoms with Gasteiger partial charge in [-0.3, -0.25) is 18.6 Å². The number of carbonyl (C=O) groups excluding carboxylic acids is 2. The average molecular weight is 799 g/mol. The van der Waals surface area contributed by atoms with Gasteiger partial charge in [-0.05, 0) is 32.1 Å². The number of carbonyl (C=O) groups is 2. The second kappa shape index (κ2) is 34.5. The predicted molar refractivity (Wildman–Crippen MR) is 227 cm³/mol. The lowest BCUT2D eigenvalue weighted by Gasteiger charge is -2.24. The minimum Gasteiger partial charge on any atom is -0.462 e. The first kappa shape index (κ1) is 51.5. The van der Waals surface area contributed by atoms with Crippen molar-refractivity contribution in [3.63, 3.8) is 0 Å². The third-order valence-corrected chi connectivity index (χ3v) is 11.4. The Labute approximate surface area is 338 Å². The molecule has 9 nitrogen and oxygen atoms in total. The van der Waals surface area contributed by atoms with Gasteiger partial charge in [0.2, 0.25) is 0 Å². The Morgan fingerprint density at radius 2 is 1.11 bits per heavy atom. The fraction of sp³-hybridized carbons (Fsp3) is 0.867. The average Bonchev–Trinajstić information content (AvgIpc) is 3.66. The lowest BCUT2D eigenvalue weighted by atomic mass is 10.0. The molecule has 1 aliphatic rings. The van der Waals surface area contributed by atoms with Crippen molar-refractivity contribution in [2.45, 2.75) is 206 Å². The van der Waals surface area contributed by atoms with Crippen LogP contribution >= 0.6 is 7.82 Å². The molecule has 0 amide bonds. The van der Waals surface area contributed by atoms with Gasteiger partial charge in [-0.15, -0.1) is 0 Å². The third-order valence-electron chi connectivity index (χ3n) is 10.4. The van der Waals surface area contributed by atoms with E-state index in [1.807, 2.05) is 21.1 Å². The Morgan fingerprint density at radius 3 is 1.56 bits per heavy atom. The standard InChI is InChI=1S/C45H84NO8P/c1-5-6-7-8-9-10-11-13-17-20-23-26-29-36-44(47)51-40-43(41-53-55(49,50)52-39-38-46(2,3)4)54-45(48)37-30-27-24-21-18-15-12-14-16-19-22-25-28-33-42-34-31-32-35-42/h31-32,34,43H,5-30,33,35-41H2,1-4H3/p+1/t43-/m1/s1. The molecule has 0 aliphatic heterocycles. The summed E-state index contributed by atoms with van der Waals surface area (Å²) in [4.78, 5) is 35.4. The first-order valence-corrected chi connectivity index (χ1v) is 24.1. The number of nitrogens with zero attached hydrogens (tertiary/aromatic N) is 1. The molecule has 0 bridgehead atoms. The van der Waals surface area contributed by atoms with E-state index in [4.69, 9.17) is 18.5 Å². The predicted octanol–water partition coefficient (Wildman–Crippen LogP) is 12.5. The van der Waals surface area contributed by atoms with Gasteiger partial charge >= 0.3 is 19.8 Å². The lowest BCUT2D eigenvalue weighted by Crippen LogP contribution is -2.37. The van der Waals surface area contributed by atoms with Crippen LogP contribution in [0.4, 0.5) is 0 Å². The van der Waals surface area contributed by atoms with Crippen LogP contribution in [-0.4, -0.2) is 74.9 Å². The summed E-state index contributed by atoms with van der Waals surface area (Å²) in [5, 5.41) is 0. The second-order valence-corrected chi connectivity index (χ2v) is 18.4. The van der Waals surface area contributed by atoms with E-state index in [0.717, 1.165) is 38.5 Å². The number of rotatable bonds is 40. The smallest absolute Gasteiger partial charge is 0.462 e. The SMILES string of the molecule is CCCCCCCCCCCCCCCC(=O)OC[C@H](COP(=O)(O)OCC[N+](C)(C)C)OC(=O)CCCCCCCCCCCCCCCC1=CC=CC1. The molecule has 1 aliphatic carbocycles. The monoisotopic (exact) mass is 799 g/mol. The molecule has 55 heavy (non-hydrogen) atoms. The number of allylic oxidation sites excluding steroid dienone is 4. The van der Waals surface area contributed by atoms with Gasteiger partial charge in [0.05, 0.1) is 27.7 Å². The summed E-state index contributed by atoms with van der Waals surface area (Å²) >= 11 is 0. The largest absolute Gasteiger partial charge is 0.472 e. The van der Waals surface area contributed by atoms with Crippen LogP contribution in [0.2, 0.25) is 0 Å². The summed E-state index contributed by atoms with van der Waals surface area (Å²) < 4.78 is 34.3. The topological polar surface area (TPSA) is 108 Å². The van der Waals surface area contributed by atoms with Crippen molar-refractivity contribution in [2.24, 2.45) is 0 Å².